The fraction of sp³-hybridized carbons (Fsp3) is 0. The Morgan fingerprint density at radius 2 is 1.50 bits per heavy atom. The van der Waals surface area contributed by atoms with Gasteiger partial charge in [-0.1, -0.05) is 0 Å². The molecule has 1 N–H and O–H groups in total. The molecule has 0 bridgehead atoms. The van der Waals surface area contributed by atoms with Crippen molar-refractivity contribution in [2.75, 3.05) is 5.32 Å². The van der Waals surface area contributed by atoms with E-state index >= 15 is 0 Å². The summed E-state index contributed by atoms with van der Waals surface area (Å²) in [5.74, 6) is -4.30. The van der Waals surface area contributed by atoms with Crippen LogP contribution in [0.5, 0.6) is 0 Å². The van der Waals surface area contributed by atoms with E-state index in [4.69, 9.17) is 0 Å². The predicted molar refractivity (Wildman–Crippen MR) is 101 cm³/mol. The Balaban J connectivity index is 1.68. The SMILES string of the molecule is O=C(Nc1cc(F)cc(C(=O)c2cc3nccnc3cn2)c1F)c1ccc(F)cc1. The Morgan fingerprint density at radius 1 is 0.800 bits per heavy atom. The maximum atomic E-state index is 14.9. The molecular formula is C21H11F3N4O2. The van der Waals surface area contributed by atoms with Gasteiger partial charge in [-0.25, -0.2) is 13.2 Å². The van der Waals surface area contributed by atoms with Gasteiger partial charge in [-0.15, -0.1) is 0 Å². The molecule has 0 saturated heterocycles. The number of pyridine rings is 1. The molecule has 4 rings (SSSR count). The van der Waals surface area contributed by atoms with E-state index in [2.05, 4.69) is 20.3 Å². The van der Waals surface area contributed by atoms with Gasteiger partial charge in [0.25, 0.3) is 5.91 Å². The zero-order valence-corrected chi connectivity index (χ0v) is 15.1. The average molecular weight is 408 g/mol. The van der Waals surface area contributed by atoms with Crippen molar-refractivity contribution in [1.82, 2.24) is 15.0 Å². The van der Waals surface area contributed by atoms with Crippen LogP contribution in [0.15, 0.2) is 61.1 Å². The molecule has 0 aliphatic heterocycles. The van der Waals surface area contributed by atoms with E-state index in [9.17, 15) is 22.8 Å². The van der Waals surface area contributed by atoms with Crippen LogP contribution in [0.25, 0.3) is 11.0 Å². The van der Waals surface area contributed by atoms with E-state index in [0.29, 0.717) is 17.1 Å². The summed E-state index contributed by atoms with van der Waals surface area (Å²) >= 11 is 0. The summed E-state index contributed by atoms with van der Waals surface area (Å²) in [7, 11) is 0. The quantitative estimate of drug-likeness (QED) is 0.518. The molecule has 0 saturated carbocycles. The highest BCUT2D eigenvalue weighted by molar-refractivity contribution is 6.10. The number of amides is 1. The van der Waals surface area contributed by atoms with Gasteiger partial charge in [-0.2, -0.15) is 0 Å². The van der Waals surface area contributed by atoms with Crippen molar-refractivity contribution in [2.24, 2.45) is 0 Å². The minimum absolute atomic E-state index is 0.0303. The first-order chi connectivity index (χ1) is 14.4. The van der Waals surface area contributed by atoms with Gasteiger partial charge in [0.05, 0.1) is 23.0 Å². The first kappa shape index (κ1) is 19.2. The summed E-state index contributed by atoms with van der Waals surface area (Å²) in [5.41, 5.74) is -0.488. The van der Waals surface area contributed by atoms with Crippen LogP contribution in [0.2, 0.25) is 0 Å². The molecule has 2 aromatic carbocycles. The van der Waals surface area contributed by atoms with Gasteiger partial charge in [0.15, 0.2) is 5.82 Å². The minimum atomic E-state index is -1.13. The molecule has 0 atom stereocenters. The van der Waals surface area contributed by atoms with Crippen LogP contribution in [0.1, 0.15) is 26.4 Å². The first-order valence-corrected chi connectivity index (χ1v) is 8.60. The molecule has 0 radical (unpaired) electrons. The fourth-order valence-electron chi connectivity index (χ4n) is 2.77. The largest absolute Gasteiger partial charge is 0.319 e. The van der Waals surface area contributed by atoms with E-state index in [-0.39, 0.29) is 11.3 Å². The van der Waals surface area contributed by atoms with Crippen LogP contribution < -0.4 is 5.32 Å². The summed E-state index contributed by atoms with van der Waals surface area (Å²) in [4.78, 5) is 37.0. The summed E-state index contributed by atoms with van der Waals surface area (Å²) in [6, 6.07) is 7.26. The summed E-state index contributed by atoms with van der Waals surface area (Å²) < 4.78 is 42.0. The summed E-state index contributed by atoms with van der Waals surface area (Å²) in [6.07, 6.45) is 4.17. The van der Waals surface area contributed by atoms with E-state index in [1.54, 1.807) is 0 Å². The molecule has 0 spiro atoms. The molecule has 0 aliphatic carbocycles. The van der Waals surface area contributed by atoms with Crippen molar-refractivity contribution in [1.29, 1.82) is 0 Å². The maximum absolute atomic E-state index is 14.9. The zero-order chi connectivity index (χ0) is 21.3. The minimum Gasteiger partial charge on any atom is -0.319 e. The zero-order valence-electron chi connectivity index (χ0n) is 15.1. The highest BCUT2D eigenvalue weighted by Gasteiger charge is 2.22. The lowest BCUT2D eigenvalue weighted by Crippen LogP contribution is -2.16. The van der Waals surface area contributed by atoms with Crippen LogP contribution in [0, 0.1) is 17.5 Å². The van der Waals surface area contributed by atoms with E-state index in [1.807, 2.05) is 0 Å². The number of carbonyl (C=O) groups excluding carboxylic acids is 2. The van der Waals surface area contributed by atoms with Crippen LogP contribution >= 0.6 is 0 Å². The van der Waals surface area contributed by atoms with Crippen molar-refractivity contribution in [2.45, 2.75) is 0 Å². The van der Waals surface area contributed by atoms with Crippen LogP contribution in [0.4, 0.5) is 18.9 Å². The fourth-order valence-corrected chi connectivity index (χ4v) is 2.77. The Bertz CT molecular complexity index is 1290. The molecular weight excluding hydrogens is 397 g/mol. The summed E-state index contributed by atoms with van der Waals surface area (Å²) in [5, 5.41) is 2.19. The topological polar surface area (TPSA) is 84.8 Å². The van der Waals surface area contributed by atoms with E-state index in [1.165, 1.54) is 36.8 Å². The standard InChI is InChI=1S/C21H11F3N4O2/c22-12-3-1-11(2-4-12)21(30)28-16-8-13(23)7-14(19(16)24)20(29)17-9-15-18(10-27-17)26-6-5-25-15/h1-10H,(H,28,30). The molecule has 2 heterocycles. The Hall–Kier alpha value is -4.14. The number of halogens is 3. The van der Waals surface area contributed by atoms with Crippen molar-refractivity contribution < 1.29 is 22.8 Å². The number of anilines is 1. The number of nitrogens with zero attached hydrogens (tertiary/aromatic N) is 3. The second-order valence-electron chi connectivity index (χ2n) is 6.22. The smallest absolute Gasteiger partial charge is 0.255 e. The van der Waals surface area contributed by atoms with Gasteiger partial charge in [0, 0.05) is 24.0 Å². The van der Waals surface area contributed by atoms with Gasteiger partial charge in [0.1, 0.15) is 22.8 Å². The lowest BCUT2D eigenvalue weighted by Gasteiger charge is -2.10. The molecule has 0 aliphatic rings. The van der Waals surface area contributed by atoms with E-state index in [0.717, 1.165) is 18.2 Å². The second-order valence-corrected chi connectivity index (χ2v) is 6.22. The number of ketones is 1. The Morgan fingerprint density at radius 3 is 2.23 bits per heavy atom. The number of rotatable bonds is 4. The average Bonchev–Trinajstić information content (AvgIpc) is 2.75. The van der Waals surface area contributed by atoms with Crippen molar-refractivity contribution >= 4 is 28.4 Å². The number of hydrogen-bond donors (Lipinski definition) is 1. The van der Waals surface area contributed by atoms with Crippen molar-refractivity contribution in [3.05, 3.63) is 95.3 Å². The Labute approximate surface area is 167 Å². The third-order valence-corrected chi connectivity index (χ3v) is 4.22. The Kier molecular flexibility index (Phi) is 4.93. The maximum Gasteiger partial charge on any atom is 0.255 e. The molecule has 0 fully saturated rings. The van der Waals surface area contributed by atoms with E-state index < -0.39 is 40.4 Å². The number of hydrogen-bond acceptors (Lipinski definition) is 5. The predicted octanol–water partition coefficient (Wildman–Crippen LogP) is 3.93. The molecule has 4 aromatic rings. The third kappa shape index (κ3) is 3.72. The number of aromatic nitrogens is 3. The number of carbonyl (C=O) groups is 2. The lowest BCUT2D eigenvalue weighted by molar-refractivity contribution is 0.101. The van der Waals surface area contributed by atoms with Gasteiger partial charge < -0.3 is 5.32 Å². The molecule has 2 aromatic heterocycles. The van der Waals surface area contributed by atoms with Crippen LogP contribution in [-0.2, 0) is 0 Å². The van der Waals surface area contributed by atoms with Gasteiger partial charge in [-0.3, -0.25) is 24.5 Å². The molecule has 30 heavy (non-hydrogen) atoms. The number of nitrogens with one attached hydrogen (secondary N) is 1. The first-order valence-electron chi connectivity index (χ1n) is 8.60. The number of fused-ring (bicyclic) bond motifs is 1. The van der Waals surface area contributed by atoms with Crippen molar-refractivity contribution in [3.63, 3.8) is 0 Å². The molecule has 1 amide bonds. The number of benzene rings is 2. The van der Waals surface area contributed by atoms with Crippen LogP contribution in [0.3, 0.4) is 0 Å². The molecule has 9 heteroatoms. The lowest BCUT2D eigenvalue weighted by atomic mass is 10.0. The second kappa shape index (κ2) is 7.70. The molecule has 0 unspecified atom stereocenters. The molecule has 148 valence electrons. The third-order valence-electron chi connectivity index (χ3n) is 4.22. The summed E-state index contributed by atoms with van der Waals surface area (Å²) in [6.45, 7) is 0. The monoisotopic (exact) mass is 408 g/mol. The van der Waals surface area contributed by atoms with Crippen molar-refractivity contribution in [3.8, 4) is 0 Å². The van der Waals surface area contributed by atoms with Crippen LogP contribution in [-0.4, -0.2) is 26.6 Å². The molecule has 6 nitrogen and oxygen atoms in total. The normalized spacial score (nSPS) is 10.8. The highest BCUT2D eigenvalue weighted by atomic mass is 19.1. The highest BCUT2D eigenvalue weighted by Crippen LogP contribution is 2.24. The van der Waals surface area contributed by atoms with Gasteiger partial charge >= 0.3 is 0 Å². The van der Waals surface area contributed by atoms with Gasteiger partial charge in [-0.05, 0) is 36.4 Å². The van der Waals surface area contributed by atoms with Gasteiger partial charge in [0.2, 0.25) is 5.78 Å².